The number of nitrogens with one attached hydrogen (secondary N) is 2. The van der Waals surface area contributed by atoms with Gasteiger partial charge in [0.2, 0.25) is 10.0 Å². The number of carbonyl (C=O) groups is 2. The summed E-state index contributed by atoms with van der Waals surface area (Å²) in [7, 11) is -3.84. The van der Waals surface area contributed by atoms with E-state index in [1.54, 1.807) is 24.3 Å². The molecule has 0 heterocycles. The minimum absolute atomic E-state index is 0.121. The SMILES string of the molecule is CCOc1ccccc1OCC(=O)NNC(=O)c1ccc(S(N)(=O)=O)cc1. The molecular formula is C17H19N3O6S. The largest absolute Gasteiger partial charge is 0.490 e. The molecule has 0 aliphatic rings. The van der Waals surface area contributed by atoms with Crippen LogP contribution in [0.3, 0.4) is 0 Å². The Kier molecular flexibility index (Phi) is 6.74. The number of rotatable bonds is 7. The Balaban J connectivity index is 1.86. The third-order valence-electron chi connectivity index (χ3n) is 3.27. The lowest BCUT2D eigenvalue weighted by molar-refractivity contribution is -0.123. The zero-order chi connectivity index (χ0) is 19.9. The van der Waals surface area contributed by atoms with Crippen molar-refractivity contribution in [1.29, 1.82) is 0 Å². The second-order valence-electron chi connectivity index (χ2n) is 5.24. The smallest absolute Gasteiger partial charge is 0.276 e. The van der Waals surface area contributed by atoms with E-state index < -0.39 is 21.8 Å². The van der Waals surface area contributed by atoms with E-state index in [4.69, 9.17) is 14.6 Å². The average Bonchev–Trinajstić information content (AvgIpc) is 2.65. The van der Waals surface area contributed by atoms with Crippen molar-refractivity contribution in [3.05, 3.63) is 54.1 Å². The Morgan fingerprint density at radius 2 is 1.56 bits per heavy atom. The zero-order valence-electron chi connectivity index (χ0n) is 14.5. The lowest BCUT2D eigenvalue weighted by Crippen LogP contribution is -2.43. The third kappa shape index (κ3) is 5.97. The molecular weight excluding hydrogens is 374 g/mol. The topological polar surface area (TPSA) is 137 Å². The van der Waals surface area contributed by atoms with Gasteiger partial charge in [-0.3, -0.25) is 20.4 Å². The molecule has 0 aromatic heterocycles. The highest BCUT2D eigenvalue weighted by molar-refractivity contribution is 7.89. The summed E-state index contributed by atoms with van der Waals surface area (Å²) in [6, 6.07) is 11.8. The number of nitrogens with two attached hydrogens (primary N) is 1. The molecule has 2 amide bonds. The minimum atomic E-state index is -3.84. The lowest BCUT2D eigenvalue weighted by atomic mass is 10.2. The van der Waals surface area contributed by atoms with Crippen molar-refractivity contribution in [2.45, 2.75) is 11.8 Å². The van der Waals surface area contributed by atoms with Crippen molar-refractivity contribution in [1.82, 2.24) is 10.9 Å². The van der Waals surface area contributed by atoms with Crippen LogP contribution in [-0.2, 0) is 14.8 Å². The number of ether oxygens (including phenoxy) is 2. The van der Waals surface area contributed by atoms with Crippen LogP contribution in [-0.4, -0.2) is 33.4 Å². The van der Waals surface area contributed by atoms with Crippen LogP contribution in [0.1, 0.15) is 17.3 Å². The van der Waals surface area contributed by atoms with Crippen molar-refractivity contribution in [2.24, 2.45) is 5.14 Å². The Bertz CT molecular complexity index is 913. The van der Waals surface area contributed by atoms with Gasteiger partial charge in [-0.2, -0.15) is 0 Å². The van der Waals surface area contributed by atoms with Gasteiger partial charge in [0.05, 0.1) is 11.5 Å². The Morgan fingerprint density at radius 1 is 0.963 bits per heavy atom. The first-order chi connectivity index (χ1) is 12.8. The first-order valence-electron chi connectivity index (χ1n) is 7.88. The van der Waals surface area contributed by atoms with Gasteiger partial charge in [0.1, 0.15) is 0 Å². The second kappa shape index (κ2) is 9.01. The molecule has 2 aromatic carbocycles. The standard InChI is InChI=1S/C17H19N3O6S/c1-2-25-14-5-3-4-6-15(14)26-11-16(21)19-20-17(22)12-7-9-13(10-8-12)27(18,23)24/h3-10H,2,11H2,1H3,(H,19,21)(H,20,22)(H2,18,23,24). The normalized spacial score (nSPS) is 10.7. The van der Waals surface area contributed by atoms with Gasteiger partial charge in [0.15, 0.2) is 18.1 Å². The van der Waals surface area contributed by atoms with Crippen molar-refractivity contribution in [2.75, 3.05) is 13.2 Å². The molecule has 27 heavy (non-hydrogen) atoms. The number of benzene rings is 2. The average molecular weight is 393 g/mol. The summed E-state index contributed by atoms with van der Waals surface area (Å²) in [5.41, 5.74) is 4.55. The number of amides is 2. The van der Waals surface area contributed by atoms with Crippen LogP contribution >= 0.6 is 0 Å². The highest BCUT2D eigenvalue weighted by Gasteiger charge is 2.12. The molecule has 9 nitrogen and oxygen atoms in total. The summed E-state index contributed by atoms with van der Waals surface area (Å²) in [6.07, 6.45) is 0. The highest BCUT2D eigenvalue weighted by atomic mass is 32.2. The zero-order valence-corrected chi connectivity index (χ0v) is 15.3. The first-order valence-corrected chi connectivity index (χ1v) is 9.42. The molecule has 0 fully saturated rings. The molecule has 0 unspecified atom stereocenters. The van der Waals surface area contributed by atoms with Crippen LogP contribution in [0.2, 0.25) is 0 Å². The van der Waals surface area contributed by atoms with Gasteiger partial charge >= 0.3 is 0 Å². The maximum atomic E-state index is 12.0. The molecule has 144 valence electrons. The summed E-state index contributed by atoms with van der Waals surface area (Å²) < 4.78 is 33.1. The Morgan fingerprint density at radius 3 is 2.11 bits per heavy atom. The van der Waals surface area contributed by atoms with Crippen molar-refractivity contribution < 1.29 is 27.5 Å². The van der Waals surface area contributed by atoms with E-state index in [9.17, 15) is 18.0 Å². The summed E-state index contributed by atoms with van der Waals surface area (Å²) >= 11 is 0. The van der Waals surface area contributed by atoms with E-state index in [-0.39, 0.29) is 17.1 Å². The maximum Gasteiger partial charge on any atom is 0.276 e. The third-order valence-corrected chi connectivity index (χ3v) is 4.20. The summed E-state index contributed by atoms with van der Waals surface area (Å²) in [5, 5.41) is 4.98. The fourth-order valence-electron chi connectivity index (χ4n) is 2.02. The van der Waals surface area contributed by atoms with Gasteiger partial charge in [-0.1, -0.05) is 12.1 Å². The first kappa shape index (κ1) is 20.2. The lowest BCUT2D eigenvalue weighted by Gasteiger charge is -2.12. The number of primary sulfonamides is 1. The van der Waals surface area contributed by atoms with E-state index in [0.29, 0.717) is 18.1 Å². The molecule has 0 radical (unpaired) electrons. The van der Waals surface area contributed by atoms with E-state index in [1.165, 1.54) is 24.3 Å². The predicted molar refractivity (Wildman–Crippen MR) is 96.5 cm³/mol. The molecule has 2 rings (SSSR count). The predicted octanol–water partition coefficient (Wildman–Crippen LogP) is 0.573. The second-order valence-corrected chi connectivity index (χ2v) is 6.80. The van der Waals surface area contributed by atoms with Crippen LogP contribution in [0.25, 0.3) is 0 Å². The number of para-hydroxylation sites is 2. The van der Waals surface area contributed by atoms with E-state index in [2.05, 4.69) is 10.9 Å². The summed E-state index contributed by atoms with van der Waals surface area (Å²) in [4.78, 5) is 23.7. The number of sulfonamides is 1. The van der Waals surface area contributed by atoms with Gasteiger partial charge in [0, 0.05) is 5.56 Å². The molecule has 2 aromatic rings. The molecule has 0 spiro atoms. The van der Waals surface area contributed by atoms with Crippen LogP contribution in [0, 0.1) is 0 Å². The Hall–Kier alpha value is -3.11. The molecule has 10 heteroatoms. The van der Waals surface area contributed by atoms with E-state index in [0.717, 1.165) is 0 Å². The number of hydrazine groups is 1. The molecule has 0 bridgehead atoms. The van der Waals surface area contributed by atoms with Gasteiger partial charge in [-0.05, 0) is 43.3 Å². The molecule has 0 aliphatic carbocycles. The monoisotopic (exact) mass is 393 g/mol. The van der Waals surface area contributed by atoms with Crippen molar-refractivity contribution >= 4 is 21.8 Å². The fraction of sp³-hybridized carbons (Fsp3) is 0.176. The van der Waals surface area contributed by atoms with E-state index in [1.807, 2.05) is 6.92 Å². The van der Waals surface area contributed by atoms with Crippen LogP contribution in [0.5, 0.6) is 11.5 Å². The number of carbonyl (C=O) groups excluding carboxylic acids is 2. The highest BCUT2D eigenvalue weighted by Crippen LogP contribution is 2.26. The van der Waals surface area contributed by atoms with Gasteiger partial charge in [0.25, 0.3) is 11.8 Å². The Labute approximate surface area is 156 Å². The van der Waals surface area contributed by atoms with E-state index >= 15 is 0 Å². The quantitative estimate of drug-likeness (QED) is 0.588. The van der Waals surface area contributed by atoms with Crippen LogP contribution in [0.4, 0.5) is 0 Å². The van der Waals surface area contributed by atoms with Gasteiger partial charge in [-0.15, -0.1) is 0 Å². The minimum Gasteiger partial charge on any atom is -0.490 e. The summed E-state index contributed by atoms with van der Waals surface area (Å²) in [6.45, 7) is 1.94. The molecule has 4 N–H and O–H groups in total. The molecule has 0 saturated heterocycles. The van der Waals surface area contributed by atoms with Crippen LogP contribution in [0.15, 0.2) is 53.4 Å². The number of hydrogen-bond acceptors (Lipinski definition) is 6. The van der Waals surface area contributed by atoms with Crippen molar-refractivity contribution in [3.63, 3.8) is 0 Å². The maximum absolute atomic E-state index is 12.0. The van der Waals surface area contributed by atoms with Crippen LogP contribution < -0.4 is 25.5 Å². The molecule has 0 aliphatic heterocycles. The molecule has 0 saturated carbocycles. The van der Waals surface area contributed by atoms with Crippen molar-refractivity contribution in [3.8, 4) is 11.5 Å². The number of hydrogen-bond donors (Lipinski definition) is 3. The van der Waals surface area contributed by atoms with Gasteiger partial charge in [-0.25, -0.2) is 13.6 Å². The molecule has 0 atom stereocenters. The summed E-state index contributed by atoms with van der Waals surface area (Å²) in [5.74, 6) is -0.305. The fourth-order valence-corrected chi connectivity index (χ4v) is 2.53. The van der Waals surface area contributed by atoms with Gasteiger partial charge < -0.3 is 9.47 Å².